The van der Waals surface area contributed by atoms with Gasteiger partial charge in [-0.25, -0.2) is 4.68 Å². The quantitative estimate of drug-likeness (QED) is 0.721. The molecule has 0 aliphatic heterocycles. The molecule has 0 spiro atoms. The highest BCUT2D eigenvalue weighted by molar-refractivity contribution is 7.99. The third-order valence-electron chi connectivity index (χ3n) is 4.29. The zero-order valence-electron chi connectivity index (χ0n) is 14.4. The Kier molecular flexibility index (Phi) is 6.52. The van der Waals surface area contributed by atoms with Crippen LogP contribution in [0.4, 0.5) is 0 Å². The molecule has 1 fully saturated rings. The second kappa shape index (κ2) is 9.05. The van der Waals surface area contributed by atoms with Crippen molar-refractivity contribution in [3.8, 4) is 11.5 Å². The lowest BCUT2D eigenvalue weighted by Crippen LogP contribution is -2.21. The third kappa shape index (κ3) is 5.09. The number of aromatic nitrogens is 4. The fourth-order valence-electron chi connectivity index (χ4n) is 2.92. The van der Waals surface area contributed by atoms with Crippen molar-refractivity contribution in [1.29, 1.82) is 0 Å². The molecule has 3 rings (SSSR count). The van der Waals surface area contributed by atoms with Crippen molar-refractivity contribution >= 4 is 11.8 Å². The van der Waals surface area contributed by atoms with E-state index in [9.17, 15) is 5.11 Å². The van der Waals surface area contributed by atoms with E-state index in [-0.39, 0.29) is 6.61 Å². The van der Waals surface area contributed by atoms with Crippen LogP contribution in [0.25, 0.3) is 0 Å². The molecule has 1 N–H and O–H groups in total. The largest absolute Gasteiger partial charge is 0.497 e. The van der Waals surface area contributed by atoms with Gasteiger partial charge in [0.05, 0.1) is 19.3 Å². The van der Waals surface area contributed by atoms with Crippen molar-refractivity contribution in [1.82, 2.24) is 20.2 Å². The van der Waals surface area contributed by atoms with E-state index in [1.54, 1.807) is 7.11 Å². The third-order valence-corrected chi connectivity index (χ3v) is 5.37. The van der Waals surface area contributed by atoms with E-state index in [4.69, 9.17) is 9.47 Å². The van der Waals surface area contributed by atoms with Gasteiger partial charge in [-0.15, -0.1) is 5.10 Å². The molecule has 1 aliphatic carbocycles. The fraction of sp³-hybridized carbons (Fsp3) is 0.588. The SMILES string of the molecule is COc1ccc(OC[C@H](O)CSc2nnnn2C2CCCCC2)cc1. The Hall–Kier alpha value is -1.80. The monoisotopic (exact) mass is 364 g/mol. The first-order valence-electron chi connectivity index (χ1n) is 8.62. The zero-order chi connectivity index (χ0) is 17.5. The molecule has 1 aromatic heterocycles. The number of methoxy groups -OCH3 is 1. The Balaban J connectivity index is 1.45. The summed E-state index contributed by atoms with van der Waals surface area (Å²) in [6.07, 6.45) is 5.41. The van der Waals surface area contributed by atoms with Gasteiger partial charge in [0.15, 0.2) is 0 Å². The minimum absolute atomic E-state index is 0.227. The first kappa shape index (κ1) is 18.0. The smallest absolute Gasteiger partial charge is 0.209 e. The number of nitrogens with zero attached hydrogens (tertiary/aromatic N) is 4. The molecule has 8 heteroatoms. The predicted molar refractivity (Wildman–Crippen MR) is 95.2 cm³/mol. The van der Waals surface area contributed by atoms with Crippen molar-refractivity contribution < 1.29 is 14.6 Å². The highest BCUT2D eigenvalue weighted by Gasteiger charge is 2.21. The van der Waals surface area contributed by atoms with Crippen LogP contribution in [0.1, 0.15) is 38.1 Å². The predicted octanol–water partition coefficient (Wildman–Crippen LogP) is 2.72. The molecule has 136 valence electrons. The number of hydrogen-bond donors (Lipinski definition) is 1. The molecule has 1 heterocycles. The van der Waals surface area contributed by atoms with Crippen LogP contribution in [0, 0.1) is 0 Å². The number of thioether (sulfide) groups is 1. The molecule has 7 nitrogen and oxygen atoms in total. The minimum Gasteiger partial charge on any atom is -0.497 e. The number of benzene rings is 1. The molecule has 0 radical (unpaired) electrons. The summed E-state index contributed by atoms with van der Waals surface area (Å²) in [4.78, 5) is 0. The Labute approximate surface area is 151 Å². The molecule has 2 aromatic rings. The maximum atomic E-state index is 10.2. The van der Waals surface area contributed by atoms with Gasteiger partial charge in [-0.05, 0) is 47.5 Å². The summed E-state index contributed by atoms with van der Waals surface area (Å²) in [5, 5.41) is 23.0. The zero-order valence-corrected chi connectivity index (χ0v) is 15.2. The fourth-order valence-corrected chi connectivity index (χ4v) is 3.77. The molecule has 1 atom stereocenters. The van der Waals surface area contributed by atoms with Gasteiger partial charge in [-0.2, -0.15) is 0 Å². The number of aliphatic hydroxyl groups excluding tert-OH is 1. The molecule has 1 saturated carbocycles. The van der Waals surface area contributed by atoms with Gasteiger partial charge in [-0.1, -0.05) is 31.0 Å². The molecule has 0 saturated heterocycles. The number of hydrogen-bond acceptors (Lipinski definition) is 7. The van der Waals surface area contributed by atoms with Crippen molar-refractivity contribution in [3.63, 3.8) is 0 Å². The molecule has 0 bridgehead atoms. The standard InChI is InChI=1S/C17H24N4O3S/c1-23-15-7-9-16(10-8-15)24-11-14(22)12-25-17-18-19-20-21(17)13-5-3-2-4-6-13/h7-10,13-14,22H,2-6,11-12H2,1H3/t14-/m0/s1. The van der Waals surface area contributed by atoms with Crippen LogP contribution in [0.15, 0.2) is 29.4 Å². The highest BCUT2D eigenvalue weighted by Crippen LogP contribution is 2.30. The van der Waals surface area contributed by atoms with Gasteiger partial charge in [0.1, 0.15) is 18.1 Å². The Morgan fingerprint density at radius 3 is 2.64 bits per heavy atom. The van der Waals surface area contributed by atoms with Gasteiger partial charge in [-0.3, -0.25) is 0 Å². The van der Waals surface area contributed by atoms with E-state index in [0.717, 1.165) is 23.7 Å². The molecular formula is C17H24N4O3S. The van der Waals surface area contributed by atoms with Crippen molar-refractivity contribution in [3.05, 3.63) is 24.3 Å². The van der Waals surface area contributed by atoms with Crippen LogP contribution in [0.5, 0.6) is 11.5 Å². The van der Waals surface area contributed by atoms with E-state index in [2.05, 4.69) is 15.5 Å². The Bertz CT molecular complexity index is 644. The van der Waals surface area contributed by atoms with Crippen molar-refractivity contribution in [2.75, 3.05) is 19.5 Å². The average molecular weight is 364 g/mol. The molecule has 1 aliphatic rings. The average Bonchev–Trinajstić information content (AvgIpc) is 3.14. The lowest BCUT2D eigenvalue weighted by atomic mass is 9.96. The van der Waals surface area contributed by atoms with Gasteiger partial charge in [0.2, 0.25) is 5.16 Å². The topological polar surface area (TPSA) is 82.3 Å². The number of rotatable bonds is 8. The highest BCUT2D eigenvalue weighted by atomic mass is 32.2. The lowest BCUT2D eigenvalue weighted by molar-refractivity contribution is 0.126. The summed E-state index contributed by atoms with van der Waals surface area (Å²) in [6, 6.07) is 7.69. The molecule has 0 unspecified atom stereocenters. The Morgan fingerprint density at radius 1 is 1.20 bits per heavy atom. The van der Waals surface area contributed by atoms with Crippen LogP contribution >= 0.6 is 11.8 Å². The van der Waals surface area contributed by atoms with E-state index >= 15 is 0 Å². The second-order valence-electron chi connectivity index (χ2n) is 6.15. The molecule has 25 heavy (non-hydrogen) atoms. The molecule has 1 aromatic carbocycles. The van der Waals surface area contributed by atoms with Crippen molar-refractivity contribution in [2.45, 2.75) is 49.4 Å². The van der Waals surface area contributed by atoms with Crippen LogP contribution < -0.4 is 9.47 Å². The van der Waals surface area contributed by atoms with Gasteiger partial charge in [0.25, 0.3) is 0 Å². The summed E-state index contributed by atoms with van der Waals surface area (Å²) < 4.78 is 12.6. The maximum absolute atomic E-state index is 10.2. The van der Waals surface area contributed by atoms with Gasteiger partial charge < -0.3 is 14.6 Å². The molecular weight excluding hydrogens is 340 g/mol. The normalized spacial score (nSPS) is 16.6. The van der Waals surface area contributed by atoms with E-state index < -0.39 is 6.10 Å². The number of aliphatic hydroxyl groups is 1. The first-order valence-corrected chi connectivity index (χ1v) is 9.60. The van der Waals surface area contributed by atoms with Gasteiger partial charge >= 0.3 is 0 Å². The first-order chi connectivity index (χ1) is 12.3. The maximum Gasteiger partial charge on any atom is 0.209 e. The van der Waals surface area contributed by atoms with Crippen LogP contribution in [0.3, 0.4) is 0 Å². The van der Waals surface area contributed by atoms with E-state index in [1.807, 2.05) is 28.9 Å². The van der Waals surface area contributed by atoms with E-state index in [1.165, 1.54) is 31.0 Å². The van der Waals surface area contributed by atoms with Crippen LogP contribution in [0.2, 0.25) is 0 Å². The Morgan fingerprint density at radius 2 is 1.92 bits per heavy atom. The second-order valence-corrected chi connectivity index (χ2v) is 7.14. The minimum atomic E-state index is -0.594. The summed E-state index contributed by atoms with van der Waals surface area (Å²) in [5.41, 5.74) is 0. The van der Waals surface area contributed by atoms with Crippen LogP contribution in [-0.4, -0.2) is 50.9 Å². The van der Waals surface area contributed by atoms with Crippen LogP contribution in [-0.2, 0) is 0 Å². The number of ether oxygens (including phenoxy) is 2. The lowest BCUT2D eigenvalue weighted by Gasteiger charge is -2.22. The number of tetrazole rings is 1. The molecule has 0 amide bonds. The summed E-state index contributed by atoms with van der Waals surface area (Å²) in [5.74, 6) is 1.97. The summed E-state index contributed by atoms with van der Waals surface area (Å²) in [7, 11) is 1.62. The summed E-state index contributed by atoms with van der Waals surface area (Å²) in [6.45, 7) is 0.227. The summed E-state index contributed by atoms with van der Waals surface area (Å²) >= 11 is 1.47. The van der Waals surface area contributed by atoms with Crippen molar-refractivity contribution in [2.24, 2.45) is 0 Å². The van der Waals surface area contributed by atoms with Gasteiger partial charge in [0, 0.05) is 5.75 Å². The van der Waals surface area contributed by atoms with E-state index in [0.29, 0.717) is 17.5 Å².